The van der Waals surface area contributed by atoms with Crippen LogP contribution in [0, 0.1) is 6.92 Å². The molecule has 0 unspecified atom stereocenters. The van der Waals surface area contributed by atoms with Crippen molar-refractivity contribution in [3.8, 4) is 0 Å². The predicted molar refractivity (Wildman–Crippen MR) is 87.5 cm³/mol. The van der Waals surface area contributed by atoms with Gasteiger partial charge in [-0.25, -0.2) is 14.6 Å². The van der Waals surface area contributed by atoms with Gasteiger partial charge in [-0.3, -0.25) is 4.98 Å². The third kappa shape index (κ3) is 3.20. The molecule has 0 radical (unpaired) electrons. The van der Waals surface area contributed by atoms with Crippen LogP contribution in [0.4, 0.5) is 11.6 Å². The first-order valence-corrected chi connectivity index (χ1v) is 7.39. The minimum absolute atomic E-state index is 0.133. The van der Waals surface area contributed by atoms with Crippen molar-refractivity contribution in [3.63, 3.8) is 0 Å². The topological polar surface area (TPSA) is 92.9 Å². The van der Waals surface area contributed by atoms with Gasteiger partial charge in [0.05, 0.1) is 0 Å². The Balaban J connectivity index is 1.85. The Labute approximate surface area is 133 Å². The number of anilines is 2. The maximum atomic E-state index is 4.69. The van der Waals surface area contributed by atoms with E-state index in [-0.39, 0.29) is 6.04 Å². The molecular formula is C15H19N7O. The second kappa shape index (κ2) is 6.15. The lowest BCUT2D eigenvalue weighted by molar-refractivity contribution is 0.314. The van der Waals surface area contributed by atoms with Gasteiger partial charge < -0.3 is 10.2 Å². The Morgan fingerprint density at radius 2 is 1.96 bits per heavy atom. The lowest BCUT2D eigenvalue weighted by atomic mass is 10.1. The number of rotatable bonds is 5. The fourth-order valence-electron chi connectivity index (χ4n) is 2.34. The second-order valence-corrected chi connectivity index (χ2v) is 5.72. The molecule has 8 heteroatoms. The van der Waals surface area contributed by atoms with Crippen molar-refractivity contribution in [3.05, 3.63) is 29.6 Å². The number of nitrogens with one attached hydrogen (secondary N) is 1. The standard InChI is InChI=1S/C15H19N7O/c1-9-6-5-7-16-11(9)8-10(2)17-14-15(22(3)4)19-13-12(18-14)20-23-21-13/h5-7,10H,8H2,1-4H3,(H,17,18,20)/t10-/m1/s1. The van der Waals surface area contributed by atoms with Crippen LogP contribution in [0.2, 0.25) is 0 Å². The number of hydrogen-bond acceptors (Lipinski definition) is 8. The lowest BCUT2D eigenvalue weighted by Crippen LogP contribution is -2.23. The van der Waals surface area contributed by atoms with Gasteiger partial charge in [-0.15, -0.1) is 0 Å². The molecule has 1 N–H and O–H groups in total. The quantitative estimate of drug-likeness (QED) is 0.762. The maximum absolute atomic E-state index is 4.69. The van der Waals surface area contributed by atoms with E-state index in [0.717, 1.165) is 12.1 Å². The van der Waals surface area contributed by atoms with E-state index in [9.17, 15) is 0 Å². The highest BCUT2D eigenvalue weighted by Gasteiger charge is 2.16. The summed E-state index contributed by atoms with van der Waals surface area (Å²) in [5.74, 6) is 1.34. The molecule has 0 aliphatic carbocycles. The third-order valence-electron chi connectivity index (χ3n) is 3.52. The number of aryl methyl sites for hydroxylation is 1. The van der Waals surface area contributed by atoms with Crippen molar-refractivity contribution in [2.75, 3.05) is 24.3 Å². The third-order valence-corrected chi connectivity index (χ3v) is 3.52. The minimum Gasteiger partial charge on any atom is -0.364 e. The van der Waals surface area contributed by atoms with Gasteiger partial charge in [0.25, 0.3) is 0 Å². The molecule has 0 amide bonds. The Hall–Kier alpha value is -2.77. The van der Waals surface area contributed by atoms with Gasteiger partial charge in [0.2, 0.25) is 11.3 Å². The van der Waals surface area contributed by atoms with E-state index in [4.69, 9.17) is 0 Å². The molecule has 8 nitrogen and oxygen atoms in total. The Morgan fingerprint density at radius 1 is 1.22 bits per heavy atom. The van der Waals surface area contributed by atoms with E-state index in [1.165, 1.54) is 5.56 Å². The Kier molecular flexibility index (Phi) is 4.05. The van der Waals surface area contributed by atoms with E-state index < -0.39 is 0 Å². The zero-order valence-electron chi connectivity index (χ0n) is 13.6. The van der Waals surface area contributed by atoms with E-state index in [0.29, 0.717) is 22.9 Å². The van der Waals surface area contributed by atoms with Gasteiger partial charge in [0, 0.05) is 38.4 Å². The monoisotopic (exact) mass is 313 g/mol. The molecule has 120 valence electrons. The first-order chi connectivity index (χ1) is 11.0. The van der Waals surface area contributed by atoms with Crippen molar-refractivity contribution in [2.24, 2.45) is 0 Å². The average Bonchev–Trinajstić information content (AvgIpc) is 2.96. The first kappa shape index (κ1) is 15.1. The number of hydrogen-bond donors (Lipinski definition) is 1. The summed E-state index contributed by atoms with van der Waals surface area (Å²) in [7, 11) is 3.81. The smallest absolute Gasteiger partial charge is 0.245 e. The molecule has 0 aliphatic heterocycles. The number of aromatic nitrogens is 5. The van der Waals surface area contributed by atoms with E-state index >= 15 is 0 Å². The van der Waals surface area contributed by atoms with E-state index in [1.807, 2.05) is 31.3 Å². The summed E-state index contributed by atoms with van der Waals surface area (Å²) < 4.78 is 4.69. The molecule has 0 spiro atoms. The molecule has 0 fully saturated rings. The number of fused-ring (bicyclic) bond motifs is 1. The average molecular weight is 313 g/mol. The molecular weight excluding hydrogens is 294 g/mol. The molecule has 0 aliphatic rings. The Morgan fingerprint density at radius 3 is 2.65 bits per heavy atom. The zero-order chi connectivity index (χ0) is 16.4. The van der Waals surface area contributed by atoms with Crippen LogP contribution in [-0.2, 0) is 6.42 Å². The molecule has 0 bridgehead atoms. The van der Waals surface area contributed by atoms with Crippen molar-refractivity contribution in [1.29, 1.82) is 0 Å². The summed E-state index contributed by atoms with van der Waals surface area (Å²) in [5, 5.41) is 10.9. The summed E-state index contributed by atoms with van der Waals surface area (Å²) in [5.41, 5.74) is 3.03. The van der Waals surface area contributed by atoms with Gasteiger partial charge in [0.15, 0.2) is 11.6 Å². The van der Waals surface area contributed by atoms with Crippen LogP contribution < -0.4 is 10.2 Å². The van der Waals surface area contributed by atoms with E-state index in [2.05, 4.69) is 55.1 Å². The van der Waals surface area contributed by atoms with Crippen LogP contribution >= 0.6 is 0 Å². The second-order valence-electron chi connectivity index (χ2n) is 5.72. The molecule has 23 heavy (non-hydrogen) atoms. The van der Waals surface area contributed by atoms with Crippen LogP contribution in [-0.4, -0.2) is 45.4 Å². The molecule has 3 aromatic rings. The van der Waals surface area contributed by atoms with Crippen molar-refractivity contribution < 1.29 is 4.63 Å². The SMILES string of the molecule is Cc1cccnc1C[C@@H](C)Nc1nc2nonc2nc1N(C)C. The van der Waals surface area contributed by atoms with Crippen LogP contribution in [0.5, 0.6) is 0 Å². The van der Waals surface area contributed by atoms with E-state index in [1.54, 1.807) is 0 Å². The van der Waals surface area contributed by atoms with Crippen molar-refractivity contribution >= 4 is 22.9 Å². The summed E-state index contributed by atoms with van der Waals surface area (Å²) in [6, 6.07) is 4.14. The summed E-state index contributed by atoms with van der Waals surface area (Å²) in [6.45, 7) is 4.15. The number of nitrogens with zero attached hydrogens (tertiary/aromatic N) is 6. The van der Waals surface area contributed by atoms with Gasteiger partial charge in [-0.1, -0.05) is 6.07 Å². The Bertz CT molecular complexity index is 814. The normalized spacial score (nSPS) is 12.3. The molecule has 0 saturated carbocycles. The van der Waals surface area contributed by atoms with Crippen LogP contribution in [0.25, 0.3) is 11.3 Å². The molecule has 1 atom stereocenters. The number of pyridine rings is 1. The summed E-state index contributed by atoms with van der Waals surface area (Å²) >= 11 is 0. The summed E-state index contributed by atoms with van der Waals surface area (Å²) in [6.07, 6.45) is 2.60. The van der Waals surface area contributed by atoms with Crippen molar-refractivity contribution in [2.45, 2.75) is 26.3 Å². The predicted octanol–water partition coefficient (Wildman–Crippen LogP) is 1.83. The molecule has 3 rings (SSSR count). The van der Waals surface area contributed by atoms with Crippen LogP contribution in [0.3, 0.4) is 0 Å². The highest BCUT2D eigenvalue weighted by atomic mass is 16.6. The molecule has 0 saturated heterocycles. The fraction of sp³-hybridized carbons (Fsp3) is 0.400. The minimum atomic E-state index is 0.133. The zero-order valence-corrected chi connectivity index (χ0v) is 13.6. The largest absolute Gasteiger partial charge is 0.364 e. The molecule has 3 heterocycles. The lowest BCUT2D eigenvalue weighted by Gasteiger charge is -2.19. The summed E-state index contributed by atoms with van der Waals surface area (Å²) in [4.78, 5) is 15.2. The first-order valence-electron chi connectivity index (χ1n) is 7.39. The molecule has 0 aromatic carbocycles. The maximum Gasteiger partial charge on any atom is 0.245 e. The van der Waals surface area contributed by atoms with Crippen LogP contribution in [0.15, 0.2) is 23.0 Å². The fourth-order valence-corrected chi connectivity index (χ4v) is 2.34. The van der Waals surface area contributed by atoms with Crippen molar-refractivity contribution in [1.82, 2.24) is 25.3 Å². The van der Waals surface area contributed by atoms with Gasteiger partial charge in [0.1, 0.15) is 0 Å². The van der Waals surface area contributed by atoms with Gasteiger partial charge >= 0.3 is 0 Å². The highest BCUT2D eigenvalue weighted by molar-refractivity contribution is 5.73. The van der Waals surface area contributed by atoms with Gasteiger partial charge in [-0.2, -0.15) is 0 Å². The van der Waals surface area contributed by atoms with Gasteiger partial charge in [-0.05, 0) is 35.8 Å². The highest BCUT2D eigenvalue weighted by Crippen LogP contribution is 2.23. The molecule has 3 aromatic heterocycles. The van der Waals surface area contributed by atoms with Crippen LogP contribution in [0.1, 0.15) is 18.2 Å².